The molecule has 0 saturated carbocycles. The highest BCUT2D eigenvalue weighted by atomic mass is 32.2. The van der Waals surface area contributed by atoms with E-state index in [-0.39, 0.29) is 12.5 Å². The van der Waals surface area contributed by atoms with Gasteiger partial charge in [-0.25, -0.2) is 8.42 Å². The van der Waals surface area contributed by atoms with E-state index in [9.17, 15) is 13.2 Å². The van der Waals surface area contributed by atoms with Crippen LogP contribution in [0.1, 0.15) is 39.5 Å². The van der Waals surface area contributed by atoms with Gasteiger partial charge in [0, 0.05) is 6.54 Å². The van der Waals surface area contributed by atoms with Gasteiger partial charge in [-0.3, -0.25) is 9.10 Å². The van der Waals surface area contributed by atoms with Crippen molar-refractivity contribution in [3.63, 3.8) is 0 Å². The van der Waals surface area contributed by atoms with Gasteiger partial charge in [-0.1, -0.05) is 33.1 Å². The van der Waals surface area contributed by atoms with Crippen molar-refractivity contribution < 1.29 is 17.9 Å². The largest absolute Gasteiger partial charge is 0.497 e. The molecular weight excluding hydrogens is 340 g/mol. The van der Waals surface area contributed by atoms with Crippen molar-refractivity contribution in [2.45, 2.75) is 39.5 Å². The highest BCUT2D eigenvalue weighted by Crippen LogP contribution is 2.21. The number of carbonyl (C=O) groups excluding carboxylic acids is 1. The maximum absolute atomic E-state index is 12.2. The van der Waals surface area contributed by atoms with Crippen LogP contribution in [0, 0.1) is 5.92 Å². The molecule has 1 aromatic carbocycles. The minimum Gasteiger partial charge on any atom is -0.497 e. The smallest absolute Gasteiger partial charge is 0.240 e. The molecule has 0 spiro atoms. The highest BCUT2D eigenvalue weighted by Gasteiger charge is 2.21. The van der Waals surface area contributed by atoms with Crippen LogP contribution >= 0.6 is 0 Å². The van der Waals surface area contributed by atoms with Gasteiger partial charge in [0.2, 0.25) is 15.9 Å². The van der Waals surface area contributed by atoms with E-state index < -0.39 is 10.0 Å². The lowest BCUT2D eigenvalue weighted by Crippen LogP contribution is -2.41. The lowest BCUT2D eigenvalue weighted by atomic mass is 9.99. The number of rotatable bonds is 11. The number of carbonyl (C=O) groups is 1. The van der Waals surface area contributed by atoms with Crippen molar-refractivity contribution in [3.8, 4) is 5.75 Å². The molecule has 0 radical (unpaired) electrons. The van der Waals surface area contributed by atoms with Gasteiger partial charge >= 0.3 is 0 Å². The van der Waals surface area contributed by atoms with Crippen molar-refractivity contribution in [2.24, 2.45) is 5.92 Å². The van der Waals surface area contributed by atoms with Crippen molar-refractivity contribution in [2.75, 3.05) is 30.8 Å². The maximum atomic E-state index is 12.2. The normalized spacial score (nSPS) is 12.5. The molecular formula is C18H30N2O4S. The fraction of sp³-hybridized carbons (Fsp3) is 0.611. The van der Waals surface area contributed by atoms with E-state index in [2.05, 4.69) is 19.2 Å². The van der Waals surface area contributed by atoms with Crippen molar-refractivity contribution in [1.29, 1.82) is 0 Å². The van der Waals surface area contributed by atoms with E-state index in [1.807, 2.05) is 0 Å². The summed E-state index contributed by atoms with van der Waals surface area (Å²) in [7, 11) is -2.02. The molecule has 0 aromatic heterocycles. The Hall–Kier alpha value is -1.76. The average molecular weight is 371 g/mol. The van der Waals surface area contributed by atoms with Crippen LogP contribution in [-0.4, -0.2) is 40.8 Å². The zero-order chi connectivity index (χ0) is 18.9. The molecule has 1 N–H and O–H groups in total. The second kappa shape index (κ2) is 10.3. The Bertz CT molecular complexity index is 629. The first-order valence-electron chi connectivity index (χ1n) is 8.70. The summed E-state index contributed by atoms with van der Waals surface area (Å²) in [5, 5.41) is 2.87. The summed E-state index contributed by atoms with van der Waals surface area (Å²) in [6.45, 7) is 4.60. The predicted octanol–water partition coefficient (Wildman–Crippen LogP) is 2.79. The molecule has 25 heavy (non-hydrogen) atoms. The fourth-order valence-corrected chi connectivity index (χ4v) is 3.39. The third-order valence-electron chi connectivity index (χ3n) is 4.18. The molecule has 0 aliphatic heterocycles. The molecule has 0 heterocycles. The van der Waals surface area contributed by atoms with E-state index in [0.29, 0.717) is 23.9 Å². The van der Waals surface area contributed by atoms with Crippen LogP contribution in [0.3, 0.4) is 0 Å². The summed E-state index contributed by atoms with van der Waals surface area (Å²) in [5.41, 5.74) is 0.441. The lowest BCUT2D eigenvalue weighted by molar-refractivity contribution is -0.119. The predicted molar refractivity (Wildman–Crippen MR) is 101 cm³/mol. The van der Waals surface area contributed by atoms with Crippen LogP contribution in [0.2, 0.25) is 0 Å². The molecule has 0 unspecified atom stereocenters. The van der Waals surface area contributed by atoms with Crippen molar-refractivity contribution in [3.05, 3.63) is 24.3 Å². The Kier molecular flexibility index (Phi) is 8.75. The molecule has 1 aromatic rings. The molecule has 0 aliphatic carbocycles. The Morgan fingerprint density at radius 3 is 2.36 bits per heavy atom. The summed E-state index contributed by atoms with van der Waals surface area (Å²) in [6, 6.07) is 6.60. The molecule has 6 nitrogen and oxygen atoms in total. The molecule has 7 heteroatoms. The molecule has 0 bridgehead atoms. The fourth-order valence-electron chi connectivity index (χ4n) is 2.54. The molecule has 0 aliphatic rings. The number of anilines is 1. The SMILES string of the molecule is CCCC[C@H](CC)CNC(=O)CN(c1ccc(OC)cc1)S(C)(=O)=O. The monoisotopic (exact) mass is 370 g/mol. The number of amides is 1. The Balaban J connectivity index is 2.73. The van der Waals surface area contributed by atoms with E-state index in [1.165, 1.54) is 0 Å². The highest BCUT2D eigenvalue weighted by molar-refractivity contribution is 7.92. The quantitative estimate of drug-likeness (QED) is 0.650. The lowest BCUT2D eigenvalue weighted by Gasteiger charge is -2.23. The molecule has 0 fully saturated rings. The number of ether oxygens (including phenoxy) is 1. The summed E-state index contributed by atoms with van der Waals surface area (Å²) < 4.78 is 30.3. The van der Waals surface area contributed by atoms with Gasteiger partial charge in [-0.2, -0.15) is 0 Å². The maximum Gasteiger partial charge on any atom is 0.240 e. The number of nitrogens with zero attached hydrogens (tertiary/aromatic N) is 1. The minimum atomic E-state index is -3.56. The third kappa shape index (κ3) is 7.34. The number of hydrogen-bond donors (Lipinski definition) is 1. The number of methoxy groups -OCH3 is 1. The Morgan fingerprint density at radius 2 is 1.88 bits per heavy atom. The van der Waals surface area contributed by atoms with Gasteiger partial charge in [0.25, 0.3) is 0 Å². The number of sulfonamides is 1. The number of nitrogens with one attached hydrogen (secondary N) is 1. The number of benzene rings is 1. The van der Waals surface area contributed by atoms with Gasteiger partial charge in [0.05, 0.1) is 19.1 Å². The van der Waals surface area contributed by atoms with Gasteiger partial charge in [-0.05, 0) is 36.6 Å². The first-order valence-corrected chi connectivity index (χ1v) is 10.5. The molecule has 1 amide bonds. The van der Waals surface area contributed by atoms with Gasteiger partial charge in [0.1, 0.15) is 12.3 Å². The second-order valence-electron chi connectivity index (χ2n) is 6.19. The second-order valence-corrected chi connectivity index (χ2v) is 8.10. The van der Waals surface area contributed by atoms with Crippen LogP contribution < -0.4 is 14.4 Å². The van der Waals surface area contributed by atoms with Gasteiger partial charge in [-0.15, -0.1) is 0 Å². The number of unbranched alkanes of at least 4 members (excludes halogenated alkanes) is 1. The van der Waals surface area contributed by atoms with E-state index in [4.69, 9.17) is 4.74 Å². The Morgan fingerprint density at radius 1 is 1.24 bits per heavy atom. The van der Waals surface area contributed by atoms with Crippen LogP contribution in [0.15, 0.2) is 24.3 Å². The minimum absolute atomic E-state index is 0.227. The molecule has 142 valence electrons. The first kappa shape index (κ1) is 21.3. The third-order valence-corrected chi connectivity index (χ3v) is 5.32. The summed E-state index contributed by atoms with van der Waals surface area (Å²) >= 11 is 0. The Labute approximate surface area is 151 Å². The van der Waals surface area contributed by atoms with Gasteiger partial charge < -0.3 is 10.1 Å². The standard InChI is InChI=1S/C18H30N2O4S/c1-5-7-8-15(6-2)13-19-18(21)14-20(25(4,22)23)16-9-11-17(24-3)12-10-16/h9-12,15H,5-8,13-14H2,1-4H3,(H,19,21)/t15-/m0/s1. The van der Waals surface area contributed by atoms with Crippen molar-refractivity contribution >= 4 is 21.6 Å². The van der Waals surface area contributed by atoms with Gasteiger partial charge in [0.15, 0.2) is 0 Å². The van der Waals surface area contributed by atoms with Crippen LogP contribution in [-0.2, 0) is 14.8 Å². The van der Waals surface area contributed by atoms with Crippen LogP contribution in [0.4, 0.5) is 5.69 Å². The molecule has 0 saturated heterocycles. The van der Waals surface area contributed by atoms with Crippen molar-refractivity contribution in [1.82, 2.24) is 5.32 Å². The molecule has 1 rings (SSSR count). The number of hydrogen-bond acceptors (Lipinski definition) is 4. The van der Waals surface area contributed by atoms with E-state index in [1.54, 1.807) is 31.4 Å². The summed E-state index contributed by atoms with van der Waals surface area (Å²) in [4.78, 5) is 12.2. The zero-order valence-electron chi connectivity index (χ0n) is 15.6. The topological polar surface area (TPSA) is 75.7 Å². The molecule has 1 atom stereocenters. The average Bonchev–Trinajstić information content (AvgIpc) is 2.59. The van der Waals surface area contributed by atoms with E-state index in [0.717, 1.165) is 36.2 Å². The summed E-state index contributed by atoms with van der Waals surface area (Å²) in [6.07, 6.45) is 5.43. The zero-order valence-corrected chi connectivity index (χ0v) is 16.4. The first-order chi connectivity index (χ1) is 11.8. The van der Waals surface area contributed by atoms with E-state index >= 15 is 0 Å². The van der Waals surface area contributed by atoms with Crippen LogP contribution in [0.25, 0.3) is 0 Å². The summed E-state index contributed by atoms with van der Waals surface area (Å²) in [5.74, 6) is 0.760. The van der Waals surface area contributed by atoms with Crippen LogP contribution in [0.5, 0.6) is 5.75 Å².